The maximum absolute atomic E-state index is 10.9. The zero-order valence-electron chi connectivity index (χ0n) is 12.2. The van der Waals surface area contributed by atoms with Crippen molar-refractivity contribution in [3.05, 3.63) is 29.3 Å². The summed E-state index contributed by atoms with van der Waals surface area (Å²) in [4.78, 5) is 12.8. The van der Waals surface area contributed by atoms with Crippen LogP contribution in [0, 0.1) is 0 Å². The molecule has 0 aliphatic heterocycles. The molecule has 0 saturated carbocycles. The van der Waals surface area contributed by atoms with Crippen molar-refractivity contribution >= 4 is 17.6 Å². The number of aliphatic carboxylic acids is 1. The molecule has 0 spiro atoms. The number of nitrogens with zero attached hydrogens (tertiary/aromatic N) is 1. The highest BCUT2D eigenvalue weighted by atomic mass is 35.5. The average Bonchev–Trinajstić information content (AvgIpc) is 2.33. The number of hydrogen-bond acceptors (Lipinski definition) is 3. The molecule has 5 heteroatoms. The van der Waals surface area contributed by atoms with Crippen LogP contribution in [0.4, 0.5) is 0 Å². The Morgan fingerprint density at radius 3 is 2.40 bits per heavy atom. The van der Waals surface area contributed by atoms with Crippen molar-refractivity contribution in [1.29, 1.82) is 0 Å². The number of halogens is 1. The fourth-order valence-electron chi connectivity index (χ4n) is 1.79. The van der Waals surface area contributed by atoms with Crippen LogP contribution in [-0.2, 0) is 4.79 Å². The van der Waals surface area contributed by atoms with Crippen LogP contribution in [0.3, 0.4) is 0 Å². The molecule has 0 atom stereocenters. The van der Waals surface area contributed by atoms with Gasteiger partial charge in [-0.05, 0) is 51.5 Å². The van der Waals surface area contributed by atoms with Crippen LogP contribution >= 0.6 is 11.6 Å². The number of carboxylic acid groups (broad SMARTS) is 1. The van der Waals surface area contributed by atoms with Crippen molar-refractivity contribution in [3.8, 4) is 5.75 Å². The van der Waals surface area contributed by atoms with Crippen LogP contribution in [0.5, 0.6) is 5.75 Å². The van der Waals surface area contributed by atoms with Gasteiger partial charge in [0.1, 0.15) is 5.75 Å². The standard InChI is InChI=1S/C15H22ClNO3/c1-15(2,3)17(11-14(18)19)9-4-10-20-13-7-5-12(16)6-8-13/h5-8H,4,9-11H2,1-3H3,(H,18,19). The highest BCUT2D eigenvalue weighted by Crippen LogP contribution is 2.16. The molecule has 20 heavy (non-hydrogen) atoms. The lowest BCUT2D eigenvalue weighted by Gasteiger charge is -2.34. The lowest BCUT2D eigenvalue weighted by molar-refractivity contribution is -0.139. The second kappa shape index (κ2) is 7.50. The van der Waals surface area contributed by atoms with Gasteiger partial charge in [0.25, 0.3) is 0 Å². The van der Waals surface area contributed by atoms with E-state index in [0.717, 1.165) is 12.2 Å². The molecule has 0 aliphatic rings. The molecular weight excluding hydrogens is 278 g/mol. The summed E-state index contributed by atoms with van der Waals surface area (Å²) in [5.41, 5.74) is -0.168. The van der Waals surface area contributed by atoms with E-state index >= 15 is 0 Å². The Labute approximate surface area is 125 Å². The Morgan fingerprint density at radius 2 is 1.90 bits per heavy atom. The molecule has 1 aromatic rings. The first-order valence-electron chi connectivity index (χ1n) is 6.64. The molecule has 4 nitrogen and oxygen atoms in total. The van der Waals surface area contributed by atoms with Crippen LogP contribution in [0.2, 0.25) is 5.02 Å². The van der Waals surface area contributed by atoms with Crippen LogP contribution in [-0.4, -0.2) is 41.2 Å². The molecule has 0 aromatic heterocycles. The Kier molecular flexibility index (Phi) is 6.30. The molecule has 1 rings (SSSR count). The largest absolute Gasteiger partial charge is 0.494 e. The van der Waals surface area contributed by atoms with E-state index in [4.69, 9.17) is 21.4 Å². The van der Waals surface area contributed by atoms with E-state index < -0.39 is 5.97 Å². The monoisotopic (exact) mass is 299 g/mol. The molecule has 0 fully saturated rings. The molecule has 0 heterocycles. The molecule has 0 aliphatic carbocycles. The van der Waals surface area contributed by atoms with E-state index in [1.54, 1.807) is 12.1 Å². The normalized spacial score (nSPS) is 11.7. The predicted molar refractivity (Wildman–Crippen MR) is 80.5 cm³/mol. The minimum Gasteiger partial charge on any atom is -0.494 e. The lowest BCUT2D eigenvalue weighted by Crippen LogP contribution is -2.45. The molecule has 0 radical (unpaired) electrons. The fraction of sp³-hybridized carbons (Fsp3) is 0.533. The summed E-state index contributed by atoms with van der Waals surface area (Å²) in [5.74, 6) is -0.0338. The molecule has 0 amide bonds. The second-order valence-electron chi connectivity index (χ2n) is 5.64. The number of ether oxygens (including phenoxy) is 1. The molecular formula is C15H22ClNO3. The van der Waals surface area contributed by atoms with Gasteiger partial charge in [-0.15, -0.1) is 0 Å². The highest BCUT2D eigenvalue weighted by molar-refractivity contribution is 6.30. The van der Waals surface area contributed by atoms with Gasteiger partial charge in [-0.3, -0.25) is 9.69 Å². The van der Waals surface area contributed by atoms with Gasteiger partial charge in [-0.25, -0.2) is 0 Å². The quantitative estimate of drug-likeness (QED) is 0.785. The van der Waals surface area contributed by atoms with E-state index in [1.807, 2.05) is 37.8 Å². The number of benzene rings is 1. The maximum atomic E-state index is 10.9. The zero-order valence-corrected chi connectivity index (χ0v) is 13.0. The molecule has 0 unspecified atom stereocenters. The van der Waals surface area contributed by atoms with Crippen molar-refractivity contribution in [3.63, 3.8) is 0 Å². The van der Waals surface area contributed by atoms with Crippen molar-refractivity contribution < 1.29 is 14.6 Å². The Hall–Kier alpha value is -1.26. The van der Waals surface area contributed by atoms with Gasteiger partial charge in [0.05, 0.1) is 13.2 Å². The summed E-state index contributed by atoms with van der Waals surface area (Å²) >= 11 is 5.80. The summed E-state index contributed by atoms with van der Waals surface area (Å²) in [6, 6.07) is 7.20. The SMILES string of the molecule is CC(C)(C)N(CCCOc1ccc(Cl)cc1)CC(=O)O. The predicted octanol–water partition coefficient (Wildman–Crippen LogP) is 3.29. The van der Waals surface area contributed by atoms with Crippen molar-refractivity contribution in [2.75, 3.05) is 19.7 Å². The topological polar surface area (TPSA) is 49.8 Å². The van der Waals surface area contributed by atoms with E-state index in [9.17, 15) is 4.79 Å². The van der Waals surface area contributed by atoms with Crippen LogP contribution < -0.4 is 4.74 Å². The Bertz CT molecular complexity index is 426. The Balaban J connectivity index is 2.37. The molecule has 112 valence electrons. The smallest absolute Gasteiger partial charge is 0.317 e. The van der Waals surface area contributed by atoms with E-state index in [-0.39, 0.29) is 12.1 Å². The van der Waals surface area contributed by atoms with Crippen LogP contribution in [0.1, 0.15) is 27.2 Å². The number of rotatable bonds is 7. The average molecular weight is 300 g/mol. The highest BCUT2D eigenvalue weighted by Gasteiger charge is 2.22. The molecule has 1 N–H and O–H groups in total. The van der Waals surface area contributed by atoms with Crippen molar-refractivity contribution in [2.45, 2.75) is 32.7 Å². The number of carbonyl (C=O) groups is 1. The van der Waals surface area contributed by atoms with E-state index in [0.29, 0.717) is 18.2 Å². The lowest BCUT2D eigenvalue weighted by atomic mass is 10.1. The third kappa shape index (κ3) is 6.26. The number of hydrogen-bond donors (Lipinski definition) is 1. The second-order valence-corrected chi connectivity index (χ2v) is 6.08. The van der Waals surface area contributed by atoms with Gasteiger partial charge in [0, 0.05) is 17.1 Å². The summed E-state index contributed by atoms with van der Waals surface area (Å²) < 4.78 is 5.60. The number of carboxylic acids is 1. The zero-order chi connectivity index (χ0) is 15.2. The molecule has 1 aromatic carbocycles. The molecule has 0 saturated heterocycles. The van der Waals surface area contributed by atoms with Gasteiger partial charge >= 0.3 is 5.97 Å². The minimum atomic E-state index is -0.807. The summed E-state index contributed by atoms with van der Waals surface area (Å²) in [7, 11) is 0. The fourth-order valence-corrected chi connectivity index (χ4v) is 1.92. The third-order valence-electron chi connectivity index (χ3n) is 2.93. The van der Waals surface area contributed by atoms with E-state index in [1.165, 1.54) is 0 Å². The van der Waals surface area contributed by atoms with Crippen molar-refractivity contribution in [1.82, 2.24) is 4.90 Å². The first kappa shape index (κ1) is 16.8. The van der Waals surface area contributed by atoms with Crippen molar-refractivity contribution in [2.24, 2.45) is 0 Å². The van der Waals surface area contributed by atoms with E-state index in [2.05, 4.69) is 0 Å². The van der Waals surface area contributed by atoms with Gasteiger partial charge in [-0.1, -0.05) is 11.6 Å². The first-order chi connectivity index (χ1) is 9.29. The van der Waals surface area contributed by atoms with Crippen LogP contribution in [0.25, 0.3) is 0 Å². The van der Waals surface area contributed by atoms with Gasteiger partial charge in [0.2, 0.25) is 0 Å². The third-order valence-corrected chi connectivity index (χ3v) is 3.18. The molecule has 0 bridgehead atoms. The maximum Gasteiger partial charge on any atom is 0.317 e. The first-order valence-corrected chi connectivity index (χ1v) is 7.02. The summed E-state index contributed by atoms with van der Waals surface area (Å²) in [5, 5.41) is 9.60. The van der Waals surface area contributed by atoms with Crippen LogP contribution in [0.15, 0.2) is 24.3 Å². The Morgan fingerprint density at radius 1 is 1.30 bits per heavy atom. The van der Waals surface area contributed by atoms with Gasteiger partial charge < -0.3 is 9.84 Å². The minimum absolute atomic E-state index is 0.0461. The summed E-state index contributed by atoms with van der Waals surface area (Å²) in [6.45, 7) is 7.31. The van der Waals surface area contributed by atoms with Gasteiger partial charge in [-0.2, -0.15) is 0 Å². The summed E-state index contributed by atoms with van der Waals surface area (Å²) in [6.07, 6.45) is 0.771. The van der Waals surface area contributed by atoms with Gasteiger partial charge in [0.15, 0.2) is 0 Å².